The van der Waals surface area contributed by atoms with E-state index in [2.05, 4.69) is 5.32 Å². The first-order valence-electron chi connectivity index (χ1n) is 7.31. The van der Waals surface area contributed by atoms with Crippen molar-refractivity contribution in [2.75, 3.05) is 6.54 Å². The van der Waals surface area contributed by atoms with E-state index in [1.165, 1.54) is 13.8 Å². The standard InChI is InChI=1S/C14H22N2O6S/c1-13(2,3)12(20)15-6-7-9(17)16-8(11(18)19)14(4,5)23(21,22)10(7)16/h7-8,10H,6H2,1-5H3,(H,15,20)(H,18,19)/t7-,8+,10-/m1/s1. The molecule has 0 aliphatic carbocycles. The Morgan fingerprint density at radius 3 is 2.26 bits per heavy atom. The van der Waals surface area contributed by atoms with E-state index in [1.54, 1.807) is 20.8 Å². The minimum absolute atomic E-state index is 0.113. The number of nitrogens with one attached hydrogen (secondary N) is 1. The van der Waals surface area contributed by atoms with Gasteiger partial charge in [0.05, 0.1) is 10.7 Å². The van der Waals surface area contributed by atoms with Crippen molar-refractivity contribution in [3.05, 3.63) is 0 Å². The van der Waals surface area contributed by atoms with E-state index >= 15 is 0 Å². The number of amides is 2. The number of carboxylic acids is 1. The molecule has 2 heterocycles. The summed E-state index contributed by atoms with van der Waals surface area (Å²) < 4.78 is 23.7. The van der Waals surface area contributed by atoms with Crippen LogP contribution in [0.5, 0.6) is 0 Å². The number of carbonyl (C=O) groups is 3. The molecular weight excluding hydrogens is 324 g/mol. The van der Waals surface area contributed by atoms with Crippen LogP contribution in [0.1, 0.15) is 34.6 Å². The molecule has 23 heavy (non-hydrogen) atoms. The lowest BCUT2D eigenvalue weighted by atomic mass is 9.90. The number of β-lactam (4-membered cyclic amide) rings is 1. The van der Waals surface area contributed by atoms with Crippen molar-refractivity contribution in [3.8, 4) is 0 Å². The Morgan fingerprint density at radius 2 is 1.83 bits per heavy atom. The molecule has 0 aromatic carbocycles. The van der Waals surface area contributed by atoms with E-state index in [1.807, 2.05) is 0 Å². The van der Waals surface area contributed by atoms with Crippen LogP contribution in [0.2, 0.25) is 0 Å². The number of hydrogen-bond acceptors (Lipinski definition) is 5. The monoisotopic (exact) mass is 346 g/mol. The number of hydrogen-bond donors (Lipinski definition) is 2. The molecule has 0 bridgehead atoms. The molecule has 2 fully saturated rings. The molecular formula is C14H22N2O6S. The summed E-state index contributed by atoms with van der Waals surface area (Å²) in [5.74, 6) is -3.12. The first-order chi connectivity index (χ1) is 10.2. The number of carboxylic acid groups (broad SMARTS) is 1. The normalized spacial score (nSPS) is 31.3. The van der Waals surface area contributed by atoms with Crippen LogP contribution in [0.15, 0.2) is 0 Å². The van der Waals surface area contributed by atoms with Gasteiger partial charge in [0.1, 0.15) is 11.4 Å². The van der Waals surface area contributed by atoms with Gasteiger partial charge in [0.25, 0.3) is 0 Å². The quantitative estimate of drug-likeness (QED) is 0.670. The number of carbonyl (C=O) groups excluding carboxylic acids is 2. The van der Waals surface area contributed by atoms with Gasteiger partial charge in [-0.15, -0.1) is 0 Å². The van der Waals surface area contributed by atoms with Crippen molar-refractivity contribution in [1.82, 2.24) is 10.2 Å². The average molecular weight is 346 g/mol. The molecule has 8 nitrogen and oxygen atoms in total. The van der Waals surface area contributed by atoms with Gasteiger partial charge in [0.15, 0.2) is 9.84 Å². The fourth-order valence-electron chi connectivity index (χ4n) is 3.06. The highest BCUT2D eigenvalue weighted by atomic mass is 32.2. The largest absolute Gasteiger partial charge is 0.480 e. The van der Waals surface area contributed by atoms with Gasteiger partial charge in [-0.25, -0.2) is 13.2 Å². The summed E-state index contributed by atoms with van der Waals surface area (Å²) in [6.45, 7) is 7.63. The van der Waals surface area contributed by atoms with Crippen LogP contribution in [0.25, 0.3) is 0 Å². The molecule has 0 spiro atoms. The average Bonchev–Trinajstić information content (AvgIpc) is 2.51. The van der Waals surface area contributed by atoms with Gasteiger partial charge in [0.2, 0.25) is 11.8 Å². The summed E-state index contributed by atoms with van der Waals surface area (Å²) in [6, 6.07) is -1.40. The zero-order chi connectivity index (χ0) is 18.0. The molecule has 0 aromatic heterocycles. The maximum absolute atomic E-state index is 12.6. The van der Waals surface area contributed by atoms with Crippen LogP contribution in [0.4, 0.5) is 0 Å². The molecule has 130 valence electrons. The number of fused-ring (bicyclic) bond motifs is 1. The molecule has 0 radical (unpaired) electrons. The van der Waals surface area contributed by atoms with Gasteiger partial charge < -0.3 is 15.3 Å². The third kappa shape index (κ3) is 2.32. The second kappa shape index (κ2) is 4.93. The molecule has 2 amide bonds. The Bertz CT molecular complexity index is 676. The van der Waals surface area contributed by atoms with E-state index < -0.39 is 49.2 Å². The van der Waals surface area contributed by atoms with Crippen molar-refractivity contribution in [2.24, 2.45) is 11.3 Å². The Hall–Kier alpha value is -1.64. The summed E-state index contributed by atoms with van der Waals surface area (Å²) in [4.78, 5) is 36.5. The van der Waals surface area contributed by atoms with Crippen LogP contribution in [0, 0.1) is 11.3 Å². The van der Waals surface area contributed by atoms with Crippen LogP contribution >= 0.6 is 0 Å². The fraction of sp³-hybridized carbons (Fsp3) is 0.786. The Balaban J connectivity index is 2.25. The summed E-state index contributed by atoms with van der Waals surface area (Å²) in [5.41, 5.74) is -0.663. The topological polar surface area (TPSA) is 121 Å². The van der Waals surface area contributed by atoms with Crippen LogP contribution in [0.3, 0.4) is 0 Å². The van der Waals surface area contributed by atoms with E-state index in [4.69, 9.17) is 0 Å². The smallest absolute Gasteiger partial charge is 0.328 e. The fourth-order valence-corrected chi connectivity index (χ4v) is 5.38. The first kappa shape index (κ1) is 17.7. The van der Waals surface area contributed by atoms with Gasteiger partial charge in [-0.2, -0.15) is 0 Å². The van der Waals surface area contributed by atoms with Gasteiger partial charge in [-0.05, 0) is 13.8 Å². The van der Waals surface area contributed by atoms with E-state index in [0.717, 1.165) is 4.90 Å². The van der Waals surface area contributed by atoms with Crippen LogP contribution in [-0.4, -0.2) is 58.9 Å². The SMILES string of the molecule is CC(C)(C)C(=O)NC[C@@H]1C(=O)N2[C@@H](C(=O)O)C(C)(C)S(=O)(=O)[C@H]12. The van der Waals surface area contributed by atoms with Gasteiger partial charge in [-0.1, -0.05) is 20.8 Å². The number of rotatable bonds is 3. The Morgan fingerprint density at radius 1 is 1.30 bits per heavy atom. The van der Waals surface area contributed by atoms with E-state index in [0.29, 0.717) is 0 Å². The Labute approximate surface area is 135 Å². The van der Waals surface area contributed by atoms with Crippen LogP contribution in [-0.2, 0) is 24.2 Å². The van der Waals surface area contributed by atoms with E-state index in [9.17, 15) is 27.9 Å². The van der Waals surface area contributed by atoms with Crippen molar-refractivity contribution in [3.63, 3.8) is 0 Å². The first-order valence-corrected chi connectivity index (χ1v) is 8.86. The molecule has 0 saturated carbocycles. The van der Waals surface area contributed by atoms with Crippen molar-refractivity contribution in [1.29, 1.82) is 0 Å². The minimum Gasteiger partial charge on any atom is -0.480 e. The van der Waals surface area contributed by atoms with Gasteiger partial charge in [-0.3, -0.25) is 9.59 Å². The zero-order valence-electron chi connectivity index (χ0n) is 13.8. The highest BCUT2D eigenvalue weighted by Gasteiger charge is 2.71. The predicted molar refractivity (Wildman–Crippen MR) is 81.0 cm³/mol. The molecule has 2 rings (SSSR count). The van der Waals surface area contributed by atoms with Crippen LogP contribution < -0.4 is 5.32 Å². The molecule has 2 N–H and O–H groups in total. The lowest BCUT2D eigenvalue weighted by molar-refractivity contribution is -0.163. The second-order valence-corrected chi connectivity index (χ2v) is 10.2. The maximum Gasteiger partial charge on any atom is 0.328 e. The summed E-state index contributed by atoms with van der Waals surface area (Å²) in [6.07, 6.45) is 0. The second-order valence-electron chi connectivity index (χ2n) is 7.59. The molecule has 3 atom stereocenters. The summed E-state index contributed by atoms with van der Waals surface area (Å²) >= 11 is 0. The molecule has 0 aromatic rings. The van der Waals surface area contributed by atoms with Crippen molar-refractivity contribution < 1.29 is 27.9 Å². The minimum atomic E-state index is -3.85. The summed E-state index contributed by atoms with van der Waals surface area (Å²) in [5, 5.41) is 10.7. The third-order valence-electron chi connectivity index (χ3n) is 4.58. The molecule has 2 saturated heterocycles. The van der Waals surface area contributed by atoms with E-state index in [-0.39, 0.29) is 12.5 Å². The molecule has 9 heteroatoms. The maximum atomic E-state index is 12.6. The highest BCUT2D eigenvalue weighted by molar-refractivity contribution is 7.93. The highest BCUT2D eigenvalue weighted by Crippen LogP contribution is 2.48. The number of aliphatic carboxylic acids is 1. The van der Waals surface area contributed by atoms with Crippen molar-refractivity contribution in [2.45, 2.75) is 50.8 Å². The van der Waals surface area contributed by atoms with Crippen molar-refractivity contribution >= 4 is 27.6 Å². The molecule has 2 aliphatic heterocycles. The summed E-state index contributed by atoms with van der Waals surface area (Å²) in [7, 11) is -3.85. The zero-order valence-corrected chi connectivity index (χ0v) is 14.6. The predicted octanol–water partition coefficient (Wildman–Crippen LogP) is -0.407. The Kier molecular flexibility index (Phi) is 3.79. The lowest BCUT2D eigenvalue weighted by Crippen LogP contribution is -2.66. The molecule has 2 aliphatic rings. The molecule has 0 unspecified atom stereocenters. The third-order valence-corrected chi connectivity index (χ3v) is 7.46. The van der Waals surface area contributed by atoms with Gasteiger partial charge >= 0.3 is 5.97 Å². The number of sulfone groups is 1. The number of nitrogens with zero attached hydrogens (tertiary/aromatic N) is 1. The van der Waals surface area contributed by atoms with Gasteiger partial charge in [0, 0.05) is 12.0 Å². The lowest BCUT2D eigenvalue weighted by Gasteiger charge is -2.42.